The van der Waals surface area contributed by atoms with Crippen LogP contribution in [0.25, 0.3) is 34.2 Å². The highest BCUT2D eigenvalue weighted by Gasteiger charge is 2.21. The van der Waals surface area contributed by atoms with Crippen LogP contribution < -0.4 is 9.47 Å². The highest BCUT2D eigenvalue weighted by Crippen LogP contribution is 2.37. The second-order valence-corrected chi connectivity index (χ2v) is 8.93. The number of hydrogen-bond acceptors (Lipinski definition) is 13. The molecule has 0 aliphatic rings. The number of phenolic OH excluding ortho intramolecular Hbond substituents is 4. The number of esters is 2. The second kappa shape index (κ2) is 12.3. The Morgan fingerprint density at radius 3 is 1.29 bits per heavy atom. The molecule has 0 spiro atoms. The van der Waals surface area contributed by atoms with Crippen LogP contribution in [0, 0.1) is 0 Å². The Labute approximate surface area is 239 Å². The summed E-state index contributed by atoms with van der Waals surface area (Å²) in [6.45, 7) is 2.98. The van der Waals surface area contributed by atoms with Gasteiger partial charge >= 0.3 is 11.9 Å². The van der Waals surface area contributed by atoms with Gasteiger partial charge in [-0.25, -0.2) is 24.5 Å². The Morgan fingerprint density at radius 2 is 0.952 bits per heavy atom. The van der Waals surface area contributed by atoms with Crippen molar-refractivity contribution in [1.29, 1.82) is 0 Å². The first kappa shape index (κ1) is 29.4. The summed E-state index contributed by atoms with van der Waals surface area (Å²) in [5, 5.41) is 41.9. The molecule has 0 saturated carbocycles. The zero-order valence-corrected chi connectivity index (χ0v) is 22.9. The third kappa shape index (κ3) is 6.41. The van der Waals surface area contributed by atoms with Crippen molar-refractivity contribution >= 4 is 11.9 Å². The molecule has 1 heterocycles. The fourth-order valence-electron chi connectivity index (χ4n) is 3.83. The predicted octanol–water partition coefficient (Wildman–Crippen LogP) is 3.58. The van der Waals surface area contributed by atoms with Crippen LogP contribution in [0.5, 0.6) is 34.5 Å². The summed E-state index contributed by atoms with van der Waals surface area (Å²) in [6, 6.07) is 12.3. The predicted molar refractivity (Wildman–Crippen MR) is 147 cm³/mol. The summed E-state index contributed by atoms with van der Waals surface area (Å²) >= 11 is 0. The molecule has 0 radical (unpaired) electrons. The van der Waals surface area contributed by atoms with Crippen molar-refractivity contribution in [2.24, 2.45) is 0 Å². The molecule has 4 rings (SSSR count). The van der Waals surface area contributed by atoms with E-state index in [2.05, 4.69) is 24.4 Å². The van der Waals surface area contributed by atoms with Crippen molar-refractivity contribution in [3.8, 4) is 68.7 Å². The molecule has 0 bridgehead atoms. The number of carbonyl (C=O) groups is 2. The smallest absolute Gasteiger partial charge is 0.346 e. The van der Waals surface area contributed by atoms with Crippen LogP contribution in [0.3, 0.4) is 0 Å². The lowest BCUT2D eigenvalue weighted by Gasteiger charge is -2.15. The van der Waals surface area contributed by atoms with E-state index in [1.54, 1.807) is 0 Å². The Morgan fingerprint density at radius 1 is 0.595 bits per heavy atom. The van der Waals surface area contributed by atoms with Gasteiger partial charge in [0.1, 0.15) is 34.5 Å². The SMILES string of the molecule is COC(=O)C(C)Oc1ccc(-c2nc(-c3ccc(O)cc3O)nc(-c3ccc(OC(C)C(=O)OC)cc3O)n2)c(O)c1. The Kier molecular flexibility index (Phi) is 8.60. The van der Waals surface area contributed by atoms with E-state index in [0.717, 1.165) is 6.07 Å². The van der Waals surface area contributed by atoms with Crippen LogP contribution in [0.2, 0.25) is 0 Å². The van der Waals surface area contributed by atoms with Gasteiger partial charge in [-0.15, -0.1) is 0 Å². The van der Waals surface area contributed by atoms with Crippen molar-refractivity contribution in [1.82, 2.24) is 15.0 Å². The number of nitrogens with zero attached hydrogens (tertiary/aromatic N) is 3. The molecule has 2 atom stereocenters. The zero-order chi connectivity index (χ0) is 30.6. The maximum atomic E-state index is 11.7. The molecule has 0 amide bonds. The lowest BCUT2D eigenvalue weighted by atomic mass is 10.1. The van der Waals surface area contributed by atoms with Gasteiger partial charge in [0.15, 0.2) is 29.7 Å². The number of methoxy groups -OCH3 is 2. The summed E-state index contributed by atoms with van der Waals surface area (Å²) in [4.78, 5) is 36.6. The molecule has 0 saturated heterocycles. The van der Waals surface area contributed by atoms with Gasteiger partial charge in [0, 0.05) is 18.2 Å². The van der Waals surface area contributed by atoms with E-state index in [1.807, 2.05) is 0 Å². The van der Waals surface area contributed by atoms with E-state index >= 15 is 0 Å². The minimum atomic E-state index is -0.932. The number of phenols is 4. The number of aromatic nitrogens is 3. The van der Waals surface area contributed by atoms with Crippen LogP contribution in [0.1, 0.15) is 13.8 Å². The number of carbonyl (C=O) groups excluding carboxylic acids is 2. The fourth-order valence-corrected chi connectivity index (χ4v) is 3.83. The lowest BCUT2D eigenvalue weighted by molar-refractivity contribution is -0.148. The normalized spacial score (nSPS) is 12.2. The number of aromatic hydroxyl groups is 4. The van der Waals surface area contributed by atoms with E-state index < -0.39 is 24.1 Å². The van der Waals surface area contributed by atoms with Crippen molar-refractivity contribution in [3.05, 3.63) is 54.6 Å². The lowest BCUT2D eigenvalue weighted by Crippen LogP contribution is -2.24. The van der Waals surface area contributed by atoms with Gasteiger partial charge in [-0.2, -0.15) is 0 Å². The summed E-state index contributed by atoms with van der Waals surface area (Å²) in [7, 11) is 2.46. The minimum absolute atomic E-state index is 0.0356. The zero-order valence-electron chi connectivity index (χ0n) is 22.9. The van der Waals surface area contributed by atoms with E-state index in [0.29, 0.717) is 0 Å². The third-order valence-corrected chi connectivity index (χ3v) is 5.97. The maximum Gasteiger partial charge on any atom is 0.346 e. The van der Waals surface area contributed by atoms with Crippen molar-refractivity contribution in [2.45, 2.75) is 26.1 Å². The number of ether oxygens (including phenoxy) is 4. The van der Waals surface area contributed by atoms with Gasteiger partial charge in [0.2, 0.25) is 0 Å². The fraction of sp³-hybridized carbons (Fsp3) is 0.207. The second-order valence-electron chi connectivity index (χ2n) is 8.93. The average molecular weight is 578 g/mol. The monoisotopic (exact) mass is 577 g/mol. The number of rotatable bonds is 9. The number of benzene rings is 3. The first-order valence-electron chi connectivity index (χ1n) is 12.4. The molecule has 1 aromatic heterocycles. The maximum absolute atomic E-state index is 11.7. The largest absolute Gasteiger partial charge is 0.508 e. The van der Waals surface area contributed by atoms with E-state index in [1.165, 1.54) is 76.6 Å². The van der Waals surface area contributed by atoms with Gasteiger partial charge in [-0.1, -0.05) is 0 Å². The van der Waals surface area contributed by atoms with Crippen LogP contribution in [-0.4, -0.2) is 73.7 Å². The first-order valence-corrected chi connectivity index (χ1v) is 12.4. The molecule has 42 heavy (non-hydrogen) atoms. The van der Waals surface area contributed by atoms with E-state index in [-0.39, 0.29) is 68.7 Å². The Hall–Kier alpha value is -5.59. The highest BCUT2D eigenvalue weighted by molar-refractivity contribution is 5.76. The standard InChI is InChI=1S/C29H27N3O10/c1-14(28(37)39-3)41-17-6-9-20(23(35)12-17)26-30-25(19-8-5-16(33)11-22(19)34)31-27(32-26)21-10-7-18(13-24(21)36)42-15(2)29(38)40-4/h5-15,33-36H,1-4H3. The minimum Gasteiger partial charge on any atom is -0.508 e. The molecular weight excluding hydrogens is 550 g/mol. The Balaban J connectivity index is 1.79. The molecule has 4 aromatic rings. The first-order chi connectivity index (χ1) is 20.0. The van der Waals surface area contributed by atoms with Gasteiger partial charge in [0.05, 0.1) is 30.9 Å². The molecule has 13 heteroatoms. The van der Waals surface area contributed by atoms with Crippen molar-refractivity contribution < 1.29 is 49.0 Å². The molecule has 2 unspecified atom stereocenters. The highest BCUT2D eigenvalue weighted by atomic mass is 16.6. The van der Waals surface area contributed by atoms with Gasteiger partial charge < -0.3 is 39.4 Å². The van der Waals surface area contributed by atoms with Crippen molar-refractivity contribution in [3.63, 3.8) is 0 Å². The molecule has 4 N–H and O–H groups in total. The molecular formula is C29H27N3O10. The van der Waals surface area contributed by atoms with Crippen LogP contribution in [-0.2, 0) is 19.1 Å². The van der Waals surface area contributed by atoms with Crippen LogP contribution in [0.15, 0.2) is 54.6 Å². The molecule has 0 aliphatic heterocycles. The van der Waals surface area contributed by atoms with Crippen LogP contribution >= 0.6 is 0 Å². The van der Waals surface area contributed by atoms with Crippen LogP contribution in [0.4, 0.5) is 0 Å². The number of hydrogen-bond donors (Lipinski definition) is 4. The summed E-state index contributed by atoms with van der Waals surface area (Å²) in [5.74, 6) is -2.07. The van der Waals surface area contributed by atoms with E-state index in [9.17, 15) is 30.0 Å². The van der Waals surface area contributed by atoms with Crippen molar-refractivity contribution in [2.75, 3.05) is 14.2 Å². The van der Waals surface area contributed by atoms with E-state index in [4.69, 9.17) is 9.47 Å². The molecule has 0 aliphatic carbocycles. The third-order valence-electron chi connectivity index (χ3n) is 5.97. The molecule has 13 nitrogen and oxygen atoms in total. The topological polar surface area (TPSA) is 191 Å². The van der Waals surface area contributed by atoms with Gasteiger partial charge in [-0.3, -0.25) is 0 Å². The Bertz CT molecular complexity index is 1550. The average Bonchev–Trinajstić information content (AvgIpc) is 2.96. The quantitative estimate of drug-likeness (QED) is 0.211. The summed E-state index contributed by atoms with van der Waals surface area (Å²) < 4.78 is 20.3. The summed E-state index contributed by atoms with van der Waals surface area (Å²) in [5.41, 5.74) is 0.417. The molecule has 3 aromatic carbocycles. The van der Waals surface area contributed by atoms with Gasteiger partial charge in [0.25, 0.3) is 0 Å². The molecule has 0 fully saturated rings. The molecule has 218 valence electrons. The van der Waals surface area contributed by atoms with Gasteiger partial charge in [-0.05, 0) is 50.2 Å². The summed E-state index contributed by atoms with van der Waals surface area (Å²) in [6.07, 6.45) is -1.86.